The Kier molecular flexibility index (Phi) is 14.2. The molecule has 0 bridgehead atoms. The van der Waals surface area contributed by atoms with E-state index in [1.165, 1.54) is 18.8 Å². The van der Waals surface area contributed by atoms with E-state index in [4.69, 9.17) is 0 Å². The lowest BCUT2D eigenvalue weighted by Crippen LogP contribution is -2.48. The zero-order valence-corrected chi connectivity index (χ0v) is 37.9. The molecule has 3 saturated heterocycles. The third-order valence-corrected chi connectivity index (χ3v) is 14.6. The number of carbonyl (C=O) groups excluding carboxylic acids is 4. The third kappa shape index (κ3) is 10.6. The maximum absolute atomic E-state index is 15.6. The molecule has 66 heavy (non-hydrogen) atoms. The first-order valence-electron chi connectivity index (χ1n) is 22.5. The van der Waals surface area contributed by atoms with Crippen LogP contribution in [0.15, 0.2) is 79.1 Å². The second kappa shape index (κ2) is 20.2. The van der Waals surface area contributed by atoms with Crippen LogP contribution in [0.2, 0.25) is 0 Å². The second-order valence-corrected chi connectivity index (χ2v) is 19.1. The van der Waals surface area contributed by atoms with E-state index in [2.05, 4.69) is 47.3 Å². The molecule has 0 saturated carbocycles. The fourth-order valence-corrected chi connectivity index (χ4v) is 9.84. The molecule has 0 radical (unpaired) electrons. The number of anilines is 2. The molecule has 3 aromatic carbocycles. The van der Waals surface area contributed by atoms with E-state index in [0.29, 0.717) is 54.9 Å². The van der Waals surface area contributed by atoms with Crippen LogP contribution in [0, 0.1) is 11.6 Å². The molecular weight excluding hydrogens is 869 g/mol. The summed E-state index contributed by atoms with van der Waals surface area (Å²) in [4.78, 5) is 64.5. The highest BCUT2D eigenvalue weighted by Crippen LogP contribution is 2.32. The molecule has 15 nitrogen and oxygen atoms in total. The number of nitrogens with zero attached hydrogens (tertiary/aromatic N) is 5. The molecule has 348 valence electrons. The molecule has 5 aromatic rings. The smallest absolute Gasteiger partial charge is 0.301 e. The van der Waals surface area contributed by atoms with Crippen LogP contribution in [0.3, 0.4) is 0 Å². The summed E-state index contributed by atoms with van der Waals surface area (Å²) in [6, 6.07) is 19.4. The lowest BCUT2D eigenvalue weighted by atomic mass is 9.89. The minimum Gasteiger partial charge on any atom is -0.374 e. The normalized spacial score (nSPS) is 17.9. The van der Waals surface area contributed by atoms with Gasteiger partial charge in [-0.3, -0.25) is 34.1 Å². The maximum Gasteiger partial charge on any atom is 0.301 e. The van der Waals surface area contributed by atoms with E-state index in [0.717, 1.165) is 91.8 Å². The molecule has 0 aliphatic carbocycles. The monoisotopic (exact) mass is 923 g/mol. The van der Waals surface area contributed by atoms with Crippen molar-refractivity contribution in [3.63, 3.8) is 0 Å². The van der Waals surface area contributed by atoms with Gasteiger partial charge in [-0.2, -0.15) is 12.7 Å². The quantitative estimate of drug-likeness (QED) is 0.0691. The third-order valence-electron chi connectivity index (χ3n) is 13.0. The Morgan fingerprint density at radius 1 is 0.894 bits per heavy atom. The zero-order chi connectivity index (χ0) is 46.5. The summed E-state index contributed by atoms with van der Waals surface area (Å²) >= 11 is 0. The molecule has 1 unspecified atom stereocenters. The number of ketones is 1. The summed E-state index contributed by atoms with van der Waals surface area (Å²) in [7, 11) is -2.83. The van der Waals surface area contributed by atoms with Gasteiger partial charge in [0.2, 0.25) is 23.5 Å². The standard InChI is InChI=1S/C48H55F2N9O6S/c1-3-56(2)66(64,65)55-40-15-14-39(49)44(45(40)50)46(62)38-29-52-47-37(38)27-35(28-51-47)33-8-6-31(7-9-33)30-58-23-25-59(26-24-58)43(61)5-4-20-57-21-18-34(19-22-57)32-10-12-36(13-11-32)53-41-16-17-42(60)54-48(41)63/h6-15,27-29,34,41,53,55H,3-5,16-26,30H2,1-2H3,(H,51,52)(H,54,60,63). The summed E-state index contributed by atoms with van der Waals surface area (Å²) in [5.74, 6) is -3.24. The van der Waals surface area contributed by atoms with Gasteiger partial charge in [-0.25, -0.2) is 13.8 Å². The van der Waals surface area contributed by atoms with Crippen molar-refractivity contribution < 1.29 is 36.4 Å². The first-order chi connectivity index (χ1) is 31.8. The Bertz CT molecular complexity index is 2700. The Labute approximate surface area is 383 Å². The van der Waals surface area contributed by atoms with E-state index < -0.39 is 44.9 Å². The second-order valence-electron chi connectivity index (χ2n) is 17.3. The number of fused-ring (bicyclic) bond motifs is 1. The fraction of sp³-hybridized carbons (Fsp3) is 0.396. The minimum absolute atomic E-state index is 0.0161. The average molecular weight is 924 g/mol. The van der Waals surface area contributed by atoms with Gasteiger partial charge >= 0.3 is 10.2 Å². The number of benzene rings is 3. The first kappa shape index (κ1) is 46.4. The van der Waals surface area contributed by atoms with Crippen molar-refractivity contribution in [1.82, 2.24) is 34.3 Å². The molecule has 0 spiro atoms. The predicted octanol–water partition coefficient (Wildman–Crippen LogP) is 5.87. The Hall–Kier alpha value is -6.08. The SMILES string of the molecule is CCN(C)S(=O)(=O)Nc1ccc(F)c(C(=O)c2c[nH]c3ncc(-c4ccc(CN5CCN(C(=O)CCCN6CCC(c7ccc(NC8CCC(=O)NC8=O)cc7)CC6)CC5)cc4)cc23)c1F. The number of aromatic amines is 1. The summed E-state index contributed by atoms with van der Waals surface area (Å²) in [5, 5.41) is 5.98. The molecule has 2 aromatic heterocycles. The molecule has 4 N–H and O–H groups in total. The number of hydrogen-bond donors (Lipinski definition) is 4. The highest BCUT2D eigenvalue weighted by molar-refractivity contribution is 7.90. The number of likely N-dealkylation sites (tertiary alicyclic amines) is 1. The minimum atomic E-state index is -4.14. The Morgan fingerprint density at radius 2 is 1.62 bits per heavy atom. The van der Waals surface area contributed by atoms with Gasteiger partial charge in [0.05, 0.1) is 11.3 Å². The van der Waals surface area contributed by atoms with Gasteiger partial charge in [0.1, 0.15) is 17.5 Å². The number of hydrogen-bond acceptors (Lipinski definition) is 10. The van der Waals surface area contributed by atoms with E-state index >= 15 is 8.78 Å². The molecule has 8 rings (SSSR count). The van der Waals surface area contributed by atoms with Gasteiger partial charge in [0.15, 0.2) is 5.82 Å². The summed E-state index contributed by atoms with van der Waals surface area (Å²) in [6.45, 7) is 8.21. The molecule has 1 atom stereocenters. The summed E-state index contributed by atoms with van der Waals surface area (Å²) < 4.78 is 58.8. The molecule has 3 aliphatic heterocycles. The maximum atomic E-state index is 15.6. The van der Waals surface area contributed by atoms with E-state index in [1.54, 1.807) is 19.2 Å². The first-order valence-corrected chi connectivity index (χ1v) is 24.0. The summed E-state index contributed by atoms with van der Waals surface area (Å²) in [5.41, 5.74) is 3.67. The number of carbonyl (C=O) groups is 4. The lowest BCUT2D eigenvalue weighted by molar-refractivity contribution is -0.134. The molecule has 3 amide bonds. The number of amides is 3. The molecule has 18 heteroatoms. The van der Waals surface area contributed by atoms with E-state index in [1.807, 2.05) is 41.3 Å². The van der Waals surface area contributed by atoms with Crippen LogP contribution in [0.5, 0.6) is 0 Å². The van der Waals surface area contributed by atoms with Gasteiger partial charge in [-0.15, -0.1) is 0 Å². The number of piperidine rings is 2. The van der Waals surface area contributed by atoms with Crippen molar-refractivity contribution in [1.29, 1.82) is 0 Å². The van der Waals surface area contributed by atoms with Gasteiger partial charge < -0.3 is 20.1 Å². The topological polar surface area (TPSA) is 180 Å². The lowest BCUT2D eigenvalue weighted by Gasteiger charge is -2.35. The van der Waals surface area contributed by atoms with Gasteiger partial charge in [0.25, 0.3) is 0 Å². The number of piperazine rings is 1. The molecule has 3 fully saturated rings. The van der Waals surface area contributed by atoms with Crippen LogP contribution in [-0.4, -0.2) is 126 Å². The van der Waals surface area contributed by atoms with Crippen molar-refractivity contribution in [2.45, 2.75) is 64.0 Å². The number of nitrogens with one attached hydrogen (secondary N) is 4. The van der Waals surface area contributed by atoms with Crippen LogP contribution >= 0.6 is 0 Å². The van der Waals surface area contributed by atoms with E-state index in [-0.39, 0.29) is 29.8 Å². The van der Waals surface area contributed by atoms with Crippen molar-refractivity contribution in [3.8, 4) is 11.1 Å². The van der Waals surface area contributed by atoms with Crippen molar-refractivity contribution >= 4 is 56.1 Å². The van der Waals surface area contributed by atoms with Crippen molar-refractivity contribution in [2.24, 2.45) is 0 Å². The predicted molar refractivity (Wildman–Crippen MR) is 248 cm³/mol. The van der Waals surface area contributed by atoms with Crippen LogP contribution in [0.25, 0.3) is 22.2 Å². The van der Waals surface area contributed by atoms with Crippen LogP contribution in [0.4, 0.5) is 20.2 Å². The van der Waals surface area contributed by atoms with Crippen LogP contribution in [0.1, 0.15) is 78.4 Å². The number of aromatic nitrogens is 2. The Morgan fingerprint density at radius 3 is 2.32 bits per heavy atom. The largest absolute Gasteiger partial charge is 0.374 e. The van der Waals surface area contributed by atoms with Crippen molar-refractivity contribution in [3.05, 3.63) is 113 Å². The number of rotatable bonds is 16. The highest BCUT2D eigenvalue weighted by atomic mass is 32.2. The highest BCUT2D eigenvalue weighted by Gasteiger charge is 2.29. The summed E-state index contributed by atoms with van der Waals surface area (Å²) in [6.07, 6.45) is 7.29. The fourth-order valence-electron chi connectivity index (χ4n) is 8.91. The molecular formula is C48H55F2N9O6S. The van der Waals surface area contributed by atoms with Gasteiger partial charge in [-0.1, -0.05) is 43.3 Å². The average Bonchev–Trinajstić information content (AvgIpc) is 3.75. The zero-order valence-electron chi connectivity index (χ0n) is 37.1. The van der Waals surface area contributed by atoms with E-state index in [9.17, 15) is 27.6 Å². The number of halogens is 2. The van der Waals surface area contributed by atoms with Crippen molar-refractivity contribution in [2.75, 3.05) is 69.4 Å². The number of pyridine rings is 1. The van der Waals surface area contributed by atoms with Crippen LogP contribution < -0.4 is 15.4 Å². The van der Waals surface area contributed by atoms with Gasteiger partial charge in [-0.05, 0) is 98.3 Å². The van der Waals surface area contributed by atoms with Crippen LogP contribution in [-0.2, 0) is 31.1 Å². The Balaban J connectivity index is 0.777. The number of H-pyrrole nitrogens is 1. The number of imide groups is 1. The molecule has 3 aliphatic rings. The molecule has 5 heterocycles. The van der Waals surface area contributed by atoms with Gasteiger partial charge in [0, 0.05) is 93.8 Å².